The van der Waals surface area contributed by atoms with Crippen molar-refractivity contribution in [3.8, 4) is 0 Å². The largest absolute Gasteiger partial charge is 0.363 e. The van der Waals surface area contributed by atoms with Gasteiger partial charge in [0.25, 0.3) is 0 Å². The topological polar surface area (TPSA) is 21.3 Å². The first-order chi connectivity index (χ1) is 7.86. The summed E-state index contributed by atoms with van der Waals surface area (Å²) in [5.41, 5.74) is 2.55. The van der Waals surface area contributed by atoms with Gasteiger partial charge < -0.3 is 10.1 Å². The van der Waals surface area contributed by atoms with E-state index < -0.39 is 0 Å². The normalized spacial score (nSPS) is 10.4. The van der Waals surface area contributed by atoms with Gasteiger partial charge in [0.2, 0.25) is 0 Å². The molecule has 90 valence electrons. The summed E-state index contributed by atoms with van der Waals surface area (Å²) < 4.78 is 5.37. The number of aryl methyl sites for hydroxylation is 1. The van der Waals surface area contributed by atoms with E-state index in [9.17, 15) is 0 Å². The van der Waals surface area contributed by atoms with Crippen LogP contribution >= 0.6 is 0 Å². The third-order valence-electron chi connectivity index (χ3n) is 2.50. The Hall–Kier alpha value is -1.02. The van der Waals surface area contributed by atoms with Crippen LogP contribution in [0.4, 0.5) is 5.69 Å². The molecule has 0 heterocycles. The lowest BCUT2D eigenvalue weighted by molar-refractivity contribution is 0.153. The first-order valence-corrected chi connectivity index (χ1v) is 6.27. The highest BCUT2D eigenvalue weighted by Crippen LogP contribution is 2.11. The van der Waals surface area contributed by atoms with E-state index in [0.717, 1.165) is 18.7 Å². The highest BCUT2D eigenvalue weighted by molar-refractivity contribution is 5.44. The molecule has 2 nitrogen and oxygen atoms in total. The van der Waals surface area contributed by atoms with Gasteiger partial charge in [-0.3, -0.25) is 0 Å². The monoisotopic (exact) mass is 221 g/mol. The number of hydrogen-bond donors (Lipinski definition) is 1. The van der Waals surface area contributed by atoms with Gasteiger partial charge in [0, 0.05) is 12.3 Å². The van der Waals surface area contributed by atoms with E-state index in [1.807, 2.05) is 0 Å². The molecule has 0 spiro atoms. The maximum absolute atomic E-state index is 5.37. The lowest BCUT2D eigenvalue weighted by Crippen LogP contribution is -2.06. The van der Waals surface area contributed by atoms with Gasteiger partial charge in [-0.2, -0.15) is 0 Å². The Bertz CT molecular complexity index is 269. The highest BCUT2D eigenvalue weighted by atomic mass is 16.5. The van der Waals surface area contributed by atoms with Crippen LogP contribution < -0.4 is 5.32 Å². The second kappa shape index (κ2) is 8.17. The standard InChI is InChI=1S/C14H23NO/c1-3-5-6-13-7-9-14(10-8-13)15-12-16-11-4-2/h7-10,15H,3-6,11-12H2,1-2H3. The van der Waals surface area contributed by atoms with E-state index in [0.29, 0.717) is 6.73 Å². The van der Waals surface area contributed by atoms with E-state index >= 15 is 0 Å². The number of anilines is 1. The number of unbranched alkanes of at least 4 members (excludes halogenated alkanes) is 1. The summed E-state index contributed by atoms with van der Waals surface area (Å²) in [7, 11) is 0. The minimum atomic E-state index is 0.599. The summed E-state index contributed by atoms with van der Waals surface area (Å²) in [6.07, 6.45) is 4.78. The highest BCUT2D eigenvalue weighted by Gasteiger charge is 1.94. The predicted octanol–water partition coefficient (Wildman–Crippen LogP) is 3.83. The van der Waals surface area contributed by atoms with Crippen molar-refractivity contribution in [3.05, 3.63) is 29.8 Å². The molecule has 0 aliphatic rings. The summed E-state index contributed by atoms with van der Waals surface area (Å²) >= 11 is 0. The zero-order valence-electron chi connectivity index (χ0n) is 10.5. The third-order valence-corrected chi connectivity index (χ3v) is 2.50. The summed E-state index contributed by atoms with van der Waals surface area (Å²) in [6, 6.07) is 8.64. The molecule has 0 aromatic heterocycles. The second-order valence-electron chi connectivity index (χ2n) is 4.03. The Morgan fingerprint density at radius 2 is 1.81 bits per heavy atom. The van der Waals surface area contributed by atoms with E-state index in [4.69, 9.17) is 4.74 Å². The molecule has 1 aromatic rings. The lowest BCUT2D eigenvalue weighted by atomic mass is 10.1. The van der Waals surface area contributed by atoms with Crippen LogP contribution in [0, 0.1) is 0 Å². The van der Waals surface area contributed by atoms with Gasteiger partial charge in [-0.25, -0.2) is 0 Å². The van der Waals surface area contributed by atoms with Crippen LogP contribution in [0.3, 0.4) is 0 Å². The summed E-state index contributed by atoms with van der Waals surface area (Å²) in [6.45, 7) is 5.76. The van der Waals surface area contributed by atoms with E-state index in [2.05, 4.69) is 43.4 Å². The zero-order chi connectivity index (χ0) is 11.6. The van der Waals surface area contributed by atoms with Gasteiger partial charge in [0.05, 0.1) is 0 Å². The molecule has 1 rings (SSSR count). The molecule has 0 aliphatic carbocycles. The first kappa shape index (κ1) is 13.0. The number of rotatable bonds is 8. The van der Waals surface area contributed by atoms with Crippen molar-refractivity contribution in [3.63, 3.8) is 0 Å². The molecule has 1 aromatic carbocycles. The van der Waals surface area contributed by atoms with E-state index in [-0.39, 0.29) is 0 Å². The van der Waals surface area contributed by atoms with Gasteiger partial charge in [0.15, 0.2) is 0 Å². The van der Waals surface area contributed by atoms with Gasteiger partial charge in [0.1, 0.15) is 6.73 Å². The fourth-order valence-corrected chi connectivity index (χ4v) is 1.52. The summed E-state index contributed by atoms with van der Waals surface area (Å²) in [4.78, 5) is 0. The molecule has 1 N–H and O–H groups in total. The third kappa shape index (κ3) is 5.17. The van der Waals surface area contributed by atoms with Crippen molar-refractivity contribution >= 4 is 5.69 Å². The Morgan fingerprint density at radius 3 is 2.44 bits per heavy atom. The minimum Gasteiger partial charge on any atom is -0.363 e. The molecule has 0 saturated heterocycles. The fourth-order valence-electron chi connectivity index (χ4n) is 1.52. The minimum absolute atomic E-state index is 0.599. The Labute approximate surface area is 99.0 Å². The van der Waals surface area contributed by atoms with Crippen molar-refractivity contribution in [1.82, 2.24) is 0 Å². The maximum atomic E-state index is 5.37. The number of benzene rings is 1. The van der Waals surface area contributed by atoms with Gasteiger partial charge in [-0.05, 0) is 37.0 Å². The second-order valence-corrected chi connectivity index (χ2v) is 4.03. The molecule has 0 fully saturated rings. The molecule has 0 unspecified atom stereocenters. The van der Waals surface area contributed by atoms with Crippen molar-refractivity contribution in [2.24, 2.45) is 0 Å². The summed E-state index contributed by atoms with van der Waals surface area (Å²) in [5.74, 6) is 0. The Morgan fingerprint density at radius 1 is 1.06 bits per heavy atom. The van der Waals surface area contributed by atoms with Crippen molar-refractivity contribution in [2.75, 3.05) is 18.7 Å². The average molecular weight is 221 g/mol. The van der Waals surface area contributed by atoms with Gasteiger partial charge in [-0.15, -0.1) is 0 Å². The lowest BCUT2D eigenvalue weighted by Gasteiger charge is -2.07. The van der Waals surface area contributed by atoms with Crippen LogP contribution in [0.1, 0.15) is 38.7 Å². The Balaban J connectivity index is 2.27. The van der Waals surface area contributed by atoms with Gasteiger partial charge >= 0.3 is 0 Å². The van der Waals surface area contributed by atoms with Crippen LogP contribution in [0.2, 0.25) is 0 Å². The summed E-state index contributed by atoms with van der Waals surface area (Å²) in [5, 5.41) is 3.24. The smallest absolute Gasteiger partial charge is 0.116 e. The van der Waals surface area contributed by atoms with Gasteiger partial charge in [-0.1, -0.05) is 32.4 Å². The van der Waals surface area contributed by atoms with Crippen LogP contribution in [0.5, 0.6) is 0 Å². The van der Waals surface area contributed by atoms with Crippen molar-refractivity contribution in [1.29, 1.82) is 0 Å². The SMILES string of the molecule is CCCCc1ccc(NCOCCC)cc1. The van der Waals surface area contributed by atoms with Crippen LogP contribution in [0.15, 0.2) is 24.3 Å². The van der Waals surface area contributed by atoms with E-state index in [1.54, 1.807) is 0 Å². The first-order valence-electron chi connectivity index (χ1n) is 6.27. The molecule has 0 aliphatic heterocycles. The molecule has 0 atom stereocenters. The molecule has 16 heavy (non-hydrogen) atoms. The molecule has 0 bridgehead atoms. The maximum Gasteiger partial charge on any atom is 0.116 e. The zero-order valence-corrected chi connectivity index (χ0v) is 10.5. The quantitative estimate of drug-likeness (QED) is 0.532. The molecule has 0 radical (unpaired) electrons. The van der Waals surface area contributed by atoms with Crippen molar-refractivity contribution in [2.45, 2.75) is 39.5 Å². The molecular weight excluding hydrogens is 198 g/mol. The fraction of sp³-hybridized carbons (Fsp3) is 0.571. The Kier molecular flexibility index (Phi) is 6.66. The number of hydrogen-bond acceptors (Lipinski definition) is 2. The average Bonchev–Trinajstić information content (AvgIpc) is 2.33. The number of nitrogens with one attached hydrogen (secondary N) is 1. The van der Waals surface area contributed by atoms with E-state index in [1.165, 1.54) is 24.8 Å². The van der Waals surface area contributed by atoms with Crippen LogP contribution in [0.25, 0.3) is 0 Å². The number of ether oxygens (including phenoxy) is 1. The predicted molar refractivity (Wildman–Crippen MR) is 69.8 cm³/mol. The van der Waals surface area contributed by atoms with Crippen LogP contribution in [-0.4, -0.2) is 13.3 Å². The molecule has 0 saturated carbocycles. The molecule has 0 amide bonds. The van der Waals surface area contributed by atoms with Crippen LogP contribution in [-0.2, 0) is 11.2 Å². The molecular formula is C14H23NO. The van der Waals surface area contributed by atoms with Crippen molar-refractivity contribution < 1.29 is 4.74 Å². The molecule has 2 heteroatoms.